The number of carbonyl (C=O) groups is 2. The lowest BCUT2D eigenvalue weighted by Crippen LogP contribution is -2.44. The highest BCUT2D eigenvalue weighted by Crippen LogP contribution is 2.18. The summed E-state index contributed by atoms with van der Waals surface area (Å²) in [5.41, 5.74) is 0.399. The van der Waals surface area contributed by atoms with Gasteiger partial charge in [0.2, 0.25) is 5.91 Å². The third-order valence-corrected chi connectivity index (χ3v) is 4.58. The van der Waals surface area contributed by atoms with Crippen molar-refractivity contribution in [3.8, 4) is 5.75 Å². The Kier molecular flexibility index (Phi) is 7.07. The number of hydrogen-bond donors (Lipinski definition) is 2. The lowest BCUT2D eigenvalue weighted by molar-refractivity contribution is -0.118. The molecule has 0 aliphatic rings. The zero-order chi connectivity index (χ0) is 17.4. The lowest BCUT2D eigenvalue weighted by Gasteiger charge is -2.18. The standard InChI is InChI=1S/C16H19N3O3S2/c1-22-13-6-4-3-5-11(13)14(20)18-12(7-9-23-2)15(21)19-16-17-8-10-24-16/h3-6,8,10,12H,7,9H2,1-2H3,(H,18,20)(H,17,19,21)/t12-/m0/s1. The Bertz CT molecular complexity index is 677. The van der Waals surface area contributed by atoms with Crippen LogP contribution in [-0.2, 0) is 4.79 Å². The minimum absolute atomic E-state index is 0.276. The molecule has 1 aromatic carbocycles. The summed E-state index contributed by atoms with van der Waals surface area (Å²) in [6.45, 7) is 0. The van der Waals surface area contributed by atoms with Crippen molar-refractivity contribution in [3.63, 3.8) is 0 Å². The van der Waals surface area contributed by atoms with Crippen LogP contribution in [0, 0.1) is 0 Å². The van der Waals surface area contributed by atoms with Crippen LogP contribution in [0.25, 0.3) is 0 Å². The summed E-state index contributed by atoms with van der Waals surface area (Å²) in [5.74, 6) is 0.608. The van der Waals surface area contributed by atoms with E-state index in [1.165, 1.54) is 18.4 Å². The van der Waals surface area contributed by atoms with Gasteiger partial charge in [-0.15, -0.1) is 11.3 Å². The van der Waals surface area contributed by atoms with Gasteiger partial charge < -0.3 is 15.4 Å². The first-order valence-electron chi connectivity index (χ1n) is 7.29. The molecule has 0 unspecified atom stereocenters. The van der Waals surface area contributed by atoms with E-state index in [0.29, 0.717) is 22.9 Å². The zero-order valence-corrected chi connectivity index (χ0v) is 15.1. The van der Waals surface area contributed by atoms with Crippen LogP contribution in [0.2, 0.25) is 0 Å². The average Bonchev–Trinajstić information content (AvgIpc) is 3.11. The van der Waals surface area contributed by atoms with Crippen molar-refractivity contribution in [1.82, 2.24) is 10.3 Å². The van der Waals surface area contributed by atoms with Crippen molar-refractivity contribution in [1.29, 1.82) is 0 Å². The number of carbonyl (C=O) groups excluding carboxylic acids is 2. The molecule has 6 nitrogen and oxygen atoms in total. The monoisotopic (exact) mass is 365 g/mol. The summed E-state index contributed by atoms with van der Waals surface area (Å²) in [5, 5.41) is 7.81. The van der Waals surface area contributed by atoms with Gasteiger partial charge in [0.15, 0.2) is 5.13 Å². The first kappa shape index (κ1) is 18.3. The van der Waals surface area contributed by atoms with E-state index in [4.69, 9.17) is 4.74 Å². The minimum atomic E-state index is -0.640. The van der Waals surface area contributed by atoms with Gasteiger partial charge in [0.05, 0.1) is 12.7 Å². The van der Waals surface area contributed by atoms with Crippen LogP contribution in [0.3, 0.4) is 0 Å². The fraction of sp³-hybridized carbons (Fsp3) is 0.312. The molecule has 8 heteroatoms. The fourth-order valence-corrected chi connectivity index (χ4v) is 3.05. The van der Waals surface area contributed by atoms with Gasteiger partial charge >= 0.3 is 0 Å². The number of anilines is 1. The molecule has 128 valence electrons. The number of rotatable bonds is 8. The van der Waals surface area contributed by atoms with Crippen molar-refractivity contribution in [3.05, 3.63) is 41.4 Å². The summed E-state index contributed by atoms with van der Waals surface area (Å²) in [6.07, 6.45) is 4.10. The van der Waals surface area contributed by atoms with Gasteiger partial charge in [-0.2, -0.15) is 11.8 Å². The maximum Gasteiger partial charge on any atom is 0.255 e. The Balaban J connectivity index is 2.09. The van der Waals surface area contributed by atoms with Crippen LogP contribution in [0.15, 0.2) is 35.8 Å². The van der Waals surface area contributed by atoms with Crippen LogP contribution < -0.4 is 15.4 Å². The third kappa shape index (κ3) is 4.97. The number of thiazole rings is 1. The van der Waals surface area contributed by atoms with Crippen LogP contribution in [0.1, 0.15) is 16.8 Å². The number of amides is 2. The Morgan fingerprint density at radius 3 is 2.83 bits per heavy atom. The van der Waals surface area contributed by atoms with Crippen LogP contribution >= 0.6 is 23.1 Å². The molecule has 0 aliphatic carbocycles. The number of thioether (sulfide) groups is 1. The summed E-state index contributed by atoms with van der Waals surface area (Å²) in [4.78, 5) is 29.0. The molecule has 2 rings (SSSR count). The molecular weight excluding hydrogens is 346 g/mol. The highest BCUT2D eigenvalue weighted by atomic mass is 32.2. The number of nitrogens with zero attached hydrogens (tertiary/aromatic N) is 1. The molecule has 0 radical (unpaired) electrons. The molecule has 24 heavy (non-hydrogen) atoms. The number of para-hydroxylation sites is 1. The molecule has 0 spiro atoms. The Morgan fingerprint density at radius 2 is 2.17 bits per heavy atom. The first-order valence-corrected chi connectivity index (χ1v) is 9.56. The number of nitrogens with one attached hydrogen (secondary N) is 2. The van der Waals surface area contributed by atoms with E-state index in [0.717, 1.165) is 5.75 Å². The van der Waals surface area contributed by atoms with E-state index in [9.17, 15) is 9.59 Å². The van der Waals surface area contributed by atoms with Gasteiger partial charge in [0, 0.05) is 11.6 Å². The highest BCUT2D eigenvalue weighted by molar-refractivity contribution is 7.98. The maximum absolute atomic E-state index is 12.5. The maximum atomic E-state index is 12.5. The van der Waals surface area contributed by atoms with E-state index < -0.39 is 6.04 Å². The Labute approximate surface area is 149 Å². The summed E-state index contributed by atoms with van der Waals surface area (Å²) < 4.78 is 5.20. The van der Waals surface area contributed by atoms with E-state index >= 15 is 0 Å². The molecule has 0 saturated heterocycles. The summed E-state index contributed by atoms with van der Waals surface area (Å²) in [7, 11) is 1.51. The second-order valence-corrected chi connectivity index (χ2v) is 6.71. The normalized spacial score (nSPS) is 11.6. The quantitative estimate of drug-likeness (QED) is 0.752. The number of benzene rings is 1. The van der Waals surface area contributed by atoms with E-state index in [2.05, 4.69) is 15.6 Å². The van der Waals surface area contributed by atoms with E-state index in [1.54, 1.807) is 47.6 Å². The van der Waals surface area contributed by atoms with Crippen molar-refractivity contribution in [2.24, 2.45) is 0 Å². The Hall–Kier alpha value is -2.06. The number of hydrogen-bond acceptors (Lipinski definition) is 6. The predicted molar refractivity (Wildman–Crippen MR) is 98.0 cm³/mol. The summed E-state index contributed by atoms with van der Waals surface area (Å²) >= 11 is 2.95. The molecule has 0 bridgehead atoms. The molecular formula is C16H19N3O3S2. The number of methoxy groups -OCH3 is 1. The van der Waals surface area contributed by atoms with E-state index in [1.807, 2.05) is 6.26 Å². The second-order valence-electron chi connectivity index (χ2n) is 4.83. The van der Waals surface area contributed by atoms with Crippen molar-refractivity contribution >= 4 is 40.0 Å². The molecule has 2 aromatic rings. The lowest BCUT2D eigenvalue weighted by atomic mass is 10.1. The van der Waals surface area contributed by atoms with Gasteiger partial charge in [0.1, 0.15) is 11.8 Å². The molecule has 1 aromatic heterocycles. The number of ether oxygens (including phenoxy) is 1. The average molecular weight is 365 g/mol. The number of aromatic nitrogens is 1. The fourth-order valence-electron chi connectivity index (χ4n) is 2.05. The molecule has 2 N–H and O–H groups in total. The van der Waals surface area contributed by atoms with E-state index in [-0.39, 0.29) is 11.8 Å². The van der Waals surface area contributed by atoms with Crippen LogP contribution in [0.4, 0.5) is 5.13 Å². The smallest absolute Gasteiger partial charge is 0.255 e. The minimum Gasteiger partial charge on any atom is -0.496 e. The molecule has 0 fully saturated rings. The van der Waals surface area contributed by atoms with Crippen molar-refractivity contribution in [2.75, 3.05) is 24.4 Å². The molecule has 1 heterocycles. The van der Waals surface area contributed by atoms with Gasteiger partial charge in [-0.05, 0) is 30.6 Å². The zero-order valence-electron chi connectivity index (χ0n) is 13.4. The second kappa shape index (κ2) is 9.29. The predicted octanol–water partition coefficient (Wildman–Crippen LogP) is 2.64. The summed E-state index contributed by atoms with van der Waals surface area (Å²) in [6, 6.07) is 6.28. The van der Waals surface area contributed by atoms with Crippen LogP contribution in [0.5, 0.6) is 5.75 Å². The van der Waals surface area contributed by atoms with Crippen molar-refractivity contribution in [2.45, 2.75) is 12.5 Å². The van der Waals surface area contributed by atoms with Gasteiger partial charge in [-0.25, -0.2) is 4.98 Å². The molecule has 0 aliphatic heterocycles. The van der Waals surface area contributed by atoms with Gasteiger partial charge in [-0.3, -0.25) is 9.59 Å². The van der Waals surface area contributed by atoms with Gasteiger partial charge in [-0.1, -0.05) is 12.1 Å². The Morgan fingerprint density at radius 1 is 1.38 bits per heavy atom. The molecule has 0 saturated carbocycles. The largest absolute Gasteiger partial charge is 0.496 e. The van der Waals surface area contributed by atoms with Crippen LogP contribution in [-0.4, -0.2) is 42.0 Å². The highest BCUT2D eigenvalue weighted by Gasteiger charge is 2.23. The first-order chi connectivity index (χ1) is 11.7. The molecule has 2 amide bonds. The SMILES string of the molecule is COc1ccccc1C(=O)N[C@@H](CCSC)C(=O)Nc1nccs1. The van der Waals surface area contributed by atoms with Crippen molar-refractivity contribution < 1.29 is 14.3 Å². The molecule has 1 atom stereocenters. The third-order valence-electron chi connectivity index (χ3n) is 3.25. The topological polar surface area (TPSA) is 80.3 Å². The van der Waals surface area contributed by atoms with Gasteiger partial charge in [0.25, 0.3) is 5.91 Å².